The van der Waals surface area contributed by atoms with Gasteiger partial charge in [-0.1, -0.05) is 11.6 Å². The number of hydrogen-bond acceptors (Lipinski definition) is 6. The Morgan fingerprint density at radius 3 is 2.69 bits per heavy atom. The maximum absolute atomic E-state index is 13.4. The first-order chi connectivity index (χ1) is 15.5. The van der Waals surface area contributed by atoms with Crippen molar-refractivity contribution in [1.82, 2.24) is 20.3 Å². The quantitative estimate of drug-likeness (QED) is 0.516. The highest BCUT2D eigenvalue weighted by Crippen LogP contribution is 2.28. The van der Waals surface area contributed by atoms with Gasteiger partial charge in [-0.3, -0.25) is 9.78 Å². The highest BCUT2D eigenvalue weighted by atomic mass is 35.5. The van der Waals surface area contributed by atoms with Crippen molar-refractivity contribution < 1.29 is 13.6 Å². The smallest absolute Gasteiger partial charge is 0.229 e. The van der Waals surface area contributed by atoms with E-state index in [0.29, 0.717) is 40.0 Å². The molecule has 2 aromatic heterocycles. The molecule has 0 radical (unpaired) electrons. The number of halogens is 3. The number of aromatic nitrogens is 3. The minimum atomic E-state index is -0.649. The molecule has 3 aromatic rings. The number of pyridine rings is 1. The molecule has 0 saturated carbocycles. The van der Waals surface area contributed by atoms with Gasteiger partial charge in [0.05, 0.1) is 29.0 Å². The van der Waals surface area contributed by atoms with E-state index in [1.807, 2.05) is 0 Å². The Hall–Kier alpha value is -3.17. The van der Waals surface area contributed by atoms with E-state index in [0.717, 1.165) is 25.5 Å². The number of anilines is 2. The fourth-order valence-electron chi connectivity index (χ4n) is 3.49. The maximum atomic E-state index is 13.4. The van der Waals surface area contributed by atoms with Crippen LogP contribution in [0.4, 0.5) is 20.4 Å². The zero-order valence-electron chi connectivity index (χ0n) is 17.0. The highest BCUT2D eigenvalue weighted by Gasteiger charge is 2.21. The molecule has 1 aliphatic rings. The third-order valence-corrected chi connectivity index (χ3v) is 5.38. The molecule has 7 nitrogen and oxygen atoms in total. The average molecular weight is 459 g/mol. The van der Waals surface area contributed by atoms with Crippen molar-refractivity contribution in [3.05, 3.63) is 65.1 Å². The standard InChI is InChI=1S/C22H21ClF2N6O/c23-18-10-29-20(31-22(32)14-2-1-3-26-9-14)7-17(18)19-11-27-12-21(30-19)28-8-13-4-15(24)6-16(25)5-13/h4-7,10-12,14,26H,1-3,8-9H2,(H,28,30)(H,29,31,32)/t14-/m1/s1. The lowest BCUT2D eigenvalue weighted by Crippen LogP contribution is -2.37. The van der Waals surface area contributed by atoms with Crippen LogP contribution in [0.1, 0.15) is 18.4 Å². The summed E-state index contributed by atoms with van der Waals surface area (Å²) in [5, 5.41) is 9.39. The number of benzene rings is 1. The van der Waals surface area contributed by atoms with Crippen LogP contribution in [0, 0.1) is 17.6 Å². The number of carbonyl (C=O) groups is 1. The number of amides is 1. The predicted molar refractivity (Wildman–Crippen MR) is 118 cm³/mol. The third-order valence-electron chi connectivity index (χ3n) is 5.08. The molecule has 1 saturated heterocycles. The van der Waals surface area contributed by atoms with Crippen LogP contribution in [0.5, 0.6) is 0 Å². The van der Waals surface area contributed by atoms with Crippen molar-refractivity contribution in [3.63, 3.8) is 0 Å². The molecule has 1 aromatic carbocycles. The number of hydrogen-bond donors (Lipinski definition) is 3. The van der Waals surface area contributed by atoms with E-state index in [9.17, 15) is 13.6 Å². The summed E-state index contributed by atoms with van der Waals surface area (Å²) in [6.45, 7) is 1.72. The van der Waals surface area contributed by atoms with E-state index in [4.69, 9.17) is 11.6 Å². The molecule has 0 bridgehead atoms. The molecular formula is C22H21ClF2N6O. The minimum absolute atomic E-state index is 0.0956. The van der Waals surface area contributed by atoms with Gasteiger partial charge in [0, 0.05) is 30.9 Å². The van der Waals surface area contributed by atoms with Gasteiger partial charge in [-0.15, -0.1) is 0 Å². The van der Waals surface area contributed by atoms with Crippen LogP contribution in [-0.4, -0.2) is 33.9 Å². The van der Waals surface area contributed by atoms with Crippen molar-refractivity contribution >= 4 is 29.1 Å². The first-order valence-corrected chi connectivity index (χ1v) is 10.5. The SMILES string of the molecule is O=C(Nc1cc(-c2cncc(NCc3cc(F)cc(F)c3)n2)c(Cl)cn1)[C@@H]1CCCNC1. The molecule has 1 atom stereocenters. The lowest BCUT2D eigenvalue weighted by Gasteiger charge is -2.21. The van der Waals surface area contributed by atoms with E-state index < -0.39 is 11.6 Å². The summed E-state index contributed by atoms with van der Waals surface area (Å²) in [6.07, 6.45) is 6.25. The summed E-state index contributed by atoms with van der Waals surface area (Å²) in [7, 11) is 0. The Labute approximate surface area is 188 Å². The average Bonchev–Trinajstić information content (AvgIpc) is 2.79. The summed E-state index contributed by atoms with van der Waals surface area (Å²) in [4.78, 5) is 25.3. The number of nitrogens with one attached hydrogen (secondary N) is 3. The molecule has 1 amide bonds. The predicted octanol–water partition coefficient (Wildman–Crippen LogP) is 4.02. The van der Waals surface area contributed by atoms with E-state index >= 15 is 0 Å². The normalized spacial score (nSPS) is 15.9. The van der Waals surface area contributed by atoms with E-state index in [2.05, 4.69) is 30.9 Å². The van der Waals surface area contributed by atoms with Gasteiger partial charge in [-0.05, 0) is 43.1 Å². The van der Waals surface area contributed by atoms with Crippen LogP contribution in [0.15, 0.2) is 42.9 Å². The highest BCUT2D eigenvalue weighted by molar-refractivity contribution is 6.33. The maximum Gasteiger partial charge on any atom is 0.229 e. The van der Waals surface area contributed by atoms with Crippen molar-refractivity contribution in [2.45, 2.75) is 19.4 Å². The Bertz CT molecular complexity index is 1100. The second-order valence-electron chi connectivity index (χ2n) is 7.50. The summed E-state index contributed by atoms with van der Waals surface area (Å²) in [5.74, 6) is -0.728. The molecular weight excluding hydrogens is 438 g/mol. The molecule has 32 heavy (non-hydrogen) atoms. The molecule has 1 aliphatic heterocycles. The second-order valence-corrected chi connectivity index (χ2v) is 7.91. The fraction of sp³-hybridized carbons (Fsp3) is 0.273. The lowest BCUT2D eigenvalue weighted by molar-refractivity contribution is -0.120. The minimum Gasteiger partial charge on any atom is -0.365 e. The molecule has 0 spiro atoms. The molecule has 3 heterocycles. The summed E-state index contributed by atoms with van der Waals surface area (Å²) in [5.41, 5.74) is 1.44. The van der Waals surface area contributed by atoms with E-state index in [1.165, 1.54) is 30.7 Å². The van der Waals surface area contributed by atoms with Crippen molar-refractivity contribution in [1.29, 1.82) is 0 Å². The number of carbonyl (C=O) groups excluding carboxylic acids is 1. The van der Waals surface area contributed by atoms with Gasteiger partial charge in [-0.2, -0.15) is 0 Å². The van der Waals surface area contributed by atoms with Crippen molar-refractivity contribution in [3.8, 4) is 11.3 Å². The summed E-state index contributed by atoms with van der Waals surface area (Å²) >= 11 is 6.32. The molecule has 0 unspecified atom stereocenters. The zero-order chi connectivity index (χ0) is 22.5. The topological polar surface area (TPSA) is 91.8 Å². The van der Waals surface area contributed by atoms with Gasteiger partial charge in [0.25, 0.3) is 0 Å². The van der Waals surface area contributed by atoms with Crippen molar-refractivity contribution in [2.24, 2.45) is 5.92 Å². The van der Waals surface area contributed by atoms with Gasteiger partial charge < -0.3 is 16.0 Å². The van der Waals surface area contributed by atoms with Crippen LogP contribution in [-0.2, 0) is 11.3 Å². The Morgan fingerprint density at radius 1 is 1.12 bits per heavy atom. The van der Waals surface area contributed by atoms with Crippen LogP contribution < -0.4 is 16.0 Å². The van der Waals surface area contributed by atoms with Crippen LogP contribution in [0.3, 0.4) is 0 Å². The Balaban J connectivity index is 1.49. The largest absolute Gasteiger partial charge is 0.365 e. The molecule has 1 fully saturated rings. The molecule has 4 rings (SSSR count). The van der Waals surface area contributed by atoms with Gasteiger partial charge in [-0.25, -0.2) is 18.7 Å². The lowest BCUT2D eigenvalue weighted by atomic mass is 9.99. The van der Waals surface area contributed by atoms with Crippen LogP contribution in [0.2, 0.25) is 5.02 Å². The van der Waals surface area contributed by atoms with Gasteiger partial charge in [0.15, 0.2) is 0 Å². The first kappa shape index (κ1) is 22.0. The van der Waals surface area contributed by atoms with E-state index in [1.54, 1.807) is 6.07 Å². The monoisotopic (exact) mass is 458 g/mol. The van der Waals surface area contributed by atoms with Crippen molar-refractivity contribution in [2.75, 3.05) is 23.7 Å². The van der Waals surface area contributed by atoms with Crippen LogP contribution in [0.25, 0.3) is 11.3 Å². The van der Waals surface area contributed by atoms with Gasteiger partial charge >= 0.3 is 0 Å². The zero-order valence-corrected chi connectivity index (χ0v) is 17.8. The first-order valence-electron chi connectivity index (χ1n) is 10.2. The number of rotatable bonds is 6. The van der Waals surface area contributed by atoms with Gasteiger partial charge in [0.2, 0.25) is 5.91 Å². The summed E-state index contributed by atoms with van der Waals surface area (Å²) in [6, 6.07) is 4.94. The summed E-state index contributed by atoms with van der Waals surface area (Å²) < 4.78 is 26.8. The Morgan fingerprint density at radius 2 is 1.94 bits per heavy atom. The van der Waals surface area contributed by atoms with Crippen LogP contribution >= 0.6 is 11.6 Å². The number of piperidine rings is 1. The third kappa shape index (κ3) is 5.54. The molecule has 166 valence electrons. The number of nitrogens with zero attached hydrogens (tertiary/aromatic N) is 3. The Kier molecular flexibility index (Phi) is 6.87. The van der Waals surface area contributed by atoms with E-state index in [-0.39, 0.29) is 18.4 Å². The molecule has 0 aliphatic carbocycles. The fourth-order valence-corrected chi connectivity index (χ4v) is 3.69. The molecule has 10 heteroatoms. The second kappa shape index (κ2) is 9.97. The van der Waals surface area contributed by atoms with Gasteiger partial charge in [0.1, 0.15) is 23.3 Å². The molecule has 3 N–H and O–H groups in total.